The quantitative estimate of drug-likeness (QED) is 0.539. The van der Waals surface area contributed by atoms with Gasteiger partial charge in [-0.1, -0.05) is 0 Å². The minimum absolute atomic E-state index is 0.103. The van der Waals surface area contributed by atoms with E-state index in [4.69, 9.17) is 6.42 Å². The summed E-state index contributed by atoms with van der Waals surface area (Å²) in [5.41, 5.74) is 3.64. The van der Waals surface area contributed by atoms with Gasteiger partial charge < -0.3 is 5.73 Å². The first-order chi connectivity index (χ1) is 4.83. The van der Waals surface area contributed by atoms with Crippen molar-refractivity contribution in [2.75, 3.05) is 6.54 Å². The van der Waals surface area contributed by atoms with Gasteiger partial charge in [-0.15, -0.1) is 12.3 Å². The third-order valence-electron chi connectivity index (χ3n) is 1.63. The van der Waals surface area contributed by atoms with Crippen molar-refractivity contribution in [3.05, 3.63) is 0 Å². The lowest BCUT2D eigenvalue weighted by Crippen LogP contribution is -2.51. The molecule has 0 unspecified atom stereocenters. The second kappa shape index (κ2) is 2.80. The minimum Gasteiger partial charge on any atom is -0.357 e. The van der Waals surface area contributed by atoms with Crippen molar-refractivity contribution in [2.24, 2.45) is 10.2 Å². The standard InChI is InChI=1S/C7H11N3/c1-2-3-4-7(5-6-8)9-10-7/h1H,3-6,8H2/p+1. The topological polar surface area (TPSA) is 52.4 Å². The molecule has 0 saturated carbocycles. The predicted molar refractivity (Wildman–Crippen MR) is 38.0 cm³/mol. The molecule has 3 N–H and O–H groups in total. The lowest BCUT2D eigenvalue weighted by Gasteiger charge is -2.03. The van der Waals surface area contributed by atoms with E-state index < -0.39 is 0 Å². The number of rotatable bonds is 4. The molecule has 1 aliphatic heterocycles. The number of hydrogen-bond acceptors (Lipinski definition) is 2. The van der Waals surface area contributed by atoms with Crippen LogP contribution in [0.2, 0.25) is 0 Å². The van der Waals surface area contributed by atoms with Crippen molar-refractivity contribution in [1.29, 1.82) is 0 Å². The molecule has 0 aromatic rings. The van der Waals surface area contributed by atoms with Crippen LogP contribution >= 0.6 is 0 Å². The predicted octanol–water partition coefficient (Wildman–Crippen LogP) is 0.194. The van der Waals surface area contributed by atoms with Crippen LogP contribution in [-0.2, 0) is 0 Å². The van der Waals surface area contributed by atoms with Crippen LogP contribution < -0.4 is 5.73 Å². The summed E-state index contributed by atoms with van der Waals surface area (Å²) in [5, 5.41) is 7.90. The highest BCUT2D eigenvalue weighted by Gasteiger charge is 2.38. The molecule has 1 heterocycles. The molecule has 3 heteroatoms. The molecule has 0 fully saturated rings. The second-order valence-corrected chi connectivity index (χ2v) is 2.49. The van der Waals surface area contributed by atoms with Gasteiger partial charge in [-0.25, -0.2) is 0 Å². The Labute approximate surface area is 60.7 Å². The van der Waals surface area contributed by atoms with Crippen molar-refractivity contribution in [3.63, 3.8) is 0 Å². The van der Waals surface area contributed by atoms with Gasteiger partial charge in [0.2, 0.25) is 0 Å². The monoisotopic (exact) mass is 138 g/mol. The average Bonchev–Trinajstić information content (AvgIpc) is 2.67. The summed E-state index contributed by atoms with van der Waals surface area (Å²) in [6, 6.07) is 0. The van der Waals surface area contributed by atoms with Gasteiger partial charge in [0.25, 0.3) is 0 Å². The lowest BCUT2D eigenvalue weighted by atomic mass is 10.1. The molecular weight excluding hydrogens is 126 g/mol. The van der Waals surface area contributed by atoms with Crippen molar-refractivity contribution in [1.82, 2.24) is 0 Å². The average molecular weight is 138 g/mol. The van der Waals surface area contributed by atoms with Crippen LogP contribution in [0.15, 0.2) is 10.2 Å². The molecule has 0 atom stereocenters. The fourth-order valence-corrected chi connectivity index (χ4v) is 0.951. The number of hydrogen-bond donors (Lipinski definition) is 1. The molecular formula is C7H12N3+. The Kier molecular flexibility index (Phi) is 2.03. The fraction of sp³-hybridized carbons (Fsp3) is 0.714. The molecule has 10 heavy (non-hydrogen) atoms. The van der Waals surface area contributed by atoms with Gasteiger partial charge in [-0.2, -0.15) is 10.2 Å². The van der Waals surface area contributed by atoms with Crippen molar-refractivity contribution >= 4 is 0 Å². The van der Waals surface area contributed by atoms with Gasteiger partial charge in [-0.3, -0.25) is 0 Å². The van der Waals surface area contributed by atoms with Crippen molar-refractivity contribution in [2.45, 2.75) is 24.9 Å². The molecule has 1 aliphatic rings. The molecule has 1 rings (SSSR count). The van der Waals surface area contributed by atoms with Gasteiger partial charge in [0.15, 0.2) is 5.66 Å². The molecule has 3 nitrogen and oxygen atoms in total. The smallest absolute Gasteiger partial charge is 0.197 e. The largest absolute Gasteiger partial charge is 0.357 e. The Balaban J connectivity index is 2.19. The Bertz CT molecular complexity index is 172. The zero-order valence-corrected chi connectivity index (χ0v) is 6.01. The molecule has 0 aromatic carbocycles. The zero-order valence-electron chi connectivity index (χ0n) is 6.01. The fourth-order valence-electron chi connectivity index (χ4n) is 0.951. The third kappa shape index (κ3) is 1.55. The van der Waals surface area contributed by atoms with E-state index in [-0.39, 0.29) is 5.66 Å². The second-order valence-electron chi connectivity index (χ2n) is 2.49. The summed E-state index contributed by atoms with van der Waals surface area (Å²) in [7, 11) is 0. The van der Waals surface area contributed by atoms with Gasteiger partial charge in [-0.05, 0) is 0 Å². The van der Waals surface area contributed by atoms with Gasteiger partial charge in [0.1, 0.15) is 0 Å². The maximum atomic E-state index is 5.11. The molecule has 0 radical (unpaired) electrons. The molecule has 54 valence electrons. The summed E-state index contributed by atoms with van der Waals surface area (Å²) in [5.74, 6) is 2.58. The molecule has 0 saturated heterocycles. The van der Waals surface area contributed by atoms with Gasteiger partial charge in [0.05, 0.1) is 6.54 Å². The maximum absolute atomic E-state index is 5.11. The summed E-state index contributed by atoms with van der Waals surface area (Å²) >= 11 is 0. The van der Waals surface area contributed by atoms with Crippen LogP contribution in [0, 0.1) is 12.3 Å². The summed E-state index contributed by atoms with van der Waals surface area (Å²) in [4.78, 5) is 0. The van der Waals surface area contributed by atoms with E-state index in [1.165, 1.54) is 0 Å². The Morgan fingerprint density at radius 2 is 2.10 bits per heavy atom. The zero-order chi connectivity index (χ0) is 7.45. The molecule has 0 bridgehead atoms. The van der Waals surface area contributed by atoms with E-state index in [2.05, 4.69) is 21.9 Å². The first-order valence-electron chi connectivity index (χ1n) is 3.50. The highest BCUT2D eigenvalue weighted by atomic mass is 15.4. The summed E-state index contributed by atoms with van der Waals surface area (Å²) < 4.78 is 0. The van der Waals surface area contributed by atoms with Crippen LogP contribution in [0.25, 0.3) is 0 Å². The van der Waals surface area contributed by atoms with Crippen LogP contribution in [0.5, 0.6) is 0 Å². The number of terminal acetylenes is 1. The number of nitrogens with zero attached hydrogens (tertiary/aromatic N) is 2. The molecule has 0 spiro atoms. The van der Waals surface area contributed by atoms with E-state index in [0.717, 1.165) is 25.8 Å². The molecule has 0 aromatic heterocycles. The van der Waals surface area contributed by atoms with Gasteiger partial charge >= 0.3 is 0 Å². The highest BCUT2D eigenvalue weighted by molar-refractivity contribution is 4.97. The molecule has 0 aliphatic carbocycles. The van der Waals surface area contributed by atoms with E-state index in [9.17, 15) is 0 Å². The molecule has 0 amide bonds. The summed E-state index contributed by atoms with van der Waals surface area (Å²) in [6.45, 7) is 0.886. The Morgan fingerprint density at radius 1 is 1.40 bits per heavy atom. The third-order valence-corrected chi connectivity index (χ3v) is 1.63. The summed E-state index contributed by atoms with van der Waals surface area (Å²) in [6.07, 6.45) is 7.74. The SMILES string of the molecule is C#CCCC1(CC[NH3+])N=N1. The van der Waals surface area contributed by atoms with E-state index in [1.54, 1.807) is 0 Å². The van der Waals surface area contributed by atoms with Gasteiger partial charge in [0, 0.05) is 19.3 Å². The maximum Gasteiger partial charge on any atom is 0.197 e. The van der Waals surface area contributed by atoms with Crippen molar-refractivity contribution < 1.29 is 5.73 Å². The van der Waals surface area contributed by atoms with Crippen molar-refractivity contribution in [3.8, 4) is 12.3 Å². The van der Waals surface area contributed by atoms with Crippen LogP contribution in [-0.4, -0.2) is 12.2 Å². The minimum atomic E-state index is -0.103. The Morgan fingerprint density at radius 3 is 2.50 bits per heavy atom. The normalized spacial score (nSPS) is 18.4. The lowest BCUT2D eigenvalue weighted by molar-refractivity contribution is -0.369. The highest BCUT2D eigenvalue weighted by Crippen LogP contribution is 2.35. The van der Waals surface area contributed by atoms with E-state index in [1.807, 2.05) is 0 Å². The first kappa shape index (κ1) is 7.23. The first-order valence-corrected chi connectivity index (χ1v) is 3.50. The Hall–Kier alpha value is -0.880. The number of quaternary nitrogens is 1. The van der Waals surface area contributed by atoms with Crippen LogP contribution in [0.4, 0.5) is 0 Å². The van der Waals surface area contributed by atoms with Crippen LogP contribution in [0.3, 0.4) is 0 Å². The van der Waals surface area contributed by atoms with E-state index >= 15 is 0 Å². The van der Waals surface area contributed by atoms with E-state index in [0.29, 0.717) is 0 Å². The van der Waals surface area contributed by atoms with Crippen LogP contribution in [0.1, 0.15) is 19.3 Å².